The van der Waals surface area contributed by atoms with E-state index in [0.29, 0.717) is 0 Å². The minimum absolute atomic E-state index is 0.128. The summed E-state index contributed by atoms with van der Waals surface area (Å²) in [6, 6.07) is 0. The first-order valence-electron chi connectivity index (χ1n) is 4.95. The fourth-order valence-electron chi connectivity index (χ4n) is 1.90. The minimum Gasteiger partial charge on any atom is -0.281 e. The van der Waals surface area contributed by atoms with Crippen LogP contribution >= 0.6 is 0 Å². The van der Waals surface area contributed by atoms with Crippen LogP contribution in [-0.2, 0) is 15.3 Å². The van der Waals surface area contributed by atoms with E-state index in [1.54, 1.807) is 0 Å². The van der Waals surface area contributed by atoms with Crippen molar-refractivity contribution < 1.29 is 8.39 Å². The maximum absolute atomic E-state index is 11.2. The van der Waals surface area contributed by atoms with E-state index in [-0.39, 0.29) is 5.60 Å². The zero-order valence-corrected chi connectivity index (χ0v) is 9.07. The second kappa shape index (κ2) is 4.91. The fraction of sp³-hybridized carbons (Fsp3) is 0.800. The van der Waals surface area contributed by atoms with E-state index >= 15 is 0 Å². The lowest BCUT2D eigenvalue weighted by Gasteiger charge is -2.34. The maximum atomic E-state index is 11.2. The van der Waals surface area contributed by atoms with Gasteiger partial charge in [0.05, 0.1) is 5.60 Å². The van der Waals surface area contributed by atoms with E-state index < -0.39 is 11.1 Å². The van der Waals surface area contributed by atoms with E-state index in [1.807, 2.05) is 0 Å². The molecule has 1 rings (SSSR count). The maximum Gasteiger partial charge on any atom is 0.181 e. The van der Waals surface area contributed by atoms with Gasteiger partial charge in [-0.2, -0.15) is 0 Å². The predicted octanol–water partition coefficient (Wildman–Crippen LogP) is 2.92. The molecular weight excluding hydrogens is 184 g/mol. The molecule has 0 aliphatic heterocycles. The van der Waals surface area contributed by atoms with Gasteiger partial charge in [0, 0.05) is 5.41 Å². The first kappa shape index (κ1) is 10.9. The van der Waals surface area contributed by atoms with Crippen molar-refractivity contribution in [2.75, 3.05) is 0 Å². The molecule has 0 radical (unpaired) electrons. The third kappa shape index (κ3) is 2.92. The van der Waals surface area contributed by atoms with Crippen LogP contribution in [0.2, 0.25) is 0 Å². The Hall–Kier alpha value is -0.150. The standard InChI is InChI=1S/C10H18O2S/c1-3-10(12-13(11)4-2)8-6-5-7-9-10/h4H,2-3,5-9H2,1H3. The molecule has 3 heteroatoms. The molecule has 0 N–H and O–H groups in total. The molecule has 0 saturated heterocycles. The molecule has 1 atom stereocenters. The van der Waals surface area contributed by atoms with E-state index in [2.05, 4.69) is 13.5 Å². The van der Waals surface area contributed by atoms with Crippen LogP contribution in [0.1, 0.15) is 45.4 Å². The molecule has 1 fully saturated rings. The summed E-state index contributed by atoms with van der Waals surface area (Å²) in [5, 5.41) is 1.37. The molecule has 1 unspecified atom stereocenters. The van der Waals surface area contributed by atoms with Gasteiger partial charge in [-0.15, -0.1) is 0 Å². The average molecular weight is 202 g/mol. The molecule has 76 valence electrons. The van der Waals surface area contributed by atoms with Gasteiger partial charge in [0.25, 0.3) is 0 Å². The van der Waals surface area contributed by atoms with Crippen LogP contribution in [0.25, 0.3) is 0 Å². The summed E-state index contributed by atoms with van der Waals surface area (Å²) >= 11 is -1.30. The third-order valence-electron chi connectivity index (χ3n) is 2.80. The molecule has 1 saturated carbocycles. The lowest BCUT2D eigenvalue weighted by atomic mass is 9.83. The summed E-state index contributed by atoms with van der Waals surface area (Å²) in [5.41, 5.74) is -0.128. The van der Waals surface area contributed by atoms with Crippen molar-refractivity contribution in [1.29, 1.82) is 0 Å². The number of hydrogen-bond acceptors (Lipinski definition) is 2. The van der Waals surface area contributed by atoms with Gasteiger partial charge in [-0.3, -0.25) is 4.18 Å². The first-order chi connectivity index (χ1) is 6.22. The molecular formula is C10H18O2S. The zero-order chi connectivity index (χ0) is 9.73. The van der Waals surface area contributed by atoms with Crippen molar-refractivity contribution in [1.82, 2.24) is 0 Å². The van der Waals surface area contributed by atoms with Crippen LogP contribution in [0.5, 0.6) is 0 Å². The van der Waals surface area contributed by atoms with Crippen molar-refractivity contribution in [3.05, 3.63) is 12.0 Å². The van der Waals surface area contributed by atoms with E-state index in [4.69, 9.17) is 4.18 Å². The minimum atomic E-state index is -1.30. The summed E-state index contributed by atoms with van der Waals surface area (Å²) in [5.74, 6) is 0. The SMILES string of the molecule is C=CS(=O)OC1(CC)CCCCC1. The van der Waals surface area contributed by atoms with Crippen molar-refractivity contribution in [2.45, 2.75) is 51.0 Å². The van der Waals surface area contributed by atoms with Crippen LogP contribution in [0.3, 0.4) is 0 Å². The Bertz CT molecular complexity index is 195. The Morgan fingerprint density at radius 3 is 2.54 bits per heavy atom. The van der Waals surface area contributed by atoms with Gasteiger partial charge in [-0.25, -0.2) is 4.21 Å². The molecule has 0 aromatic heterocycles. The lowest BCUT2D eigenvalue weighted by Crippen LogP contribution is -2.34. The van der Waals surface area contributed by atoms with Gasteiger partial charge in [-0.05, 0) is 19.3 Å². The quantitative estimate of drug-likeness (QED) is 0.700. The second-order valence-corrected chi connectivity index (χ2v) is 4.63. The molecule has 0 amide bonds. The van der Waals surface area contributed by atoms with Crippen molar-refractivity contribution >= 4 is 11.1 Å². The highest BCUT2D eigenvalue weighted by atomic mass is 32.2. The van der Waals surface area contributed by atoms with E-state index in [9.17, 15) is 4.21 Å². The predicted molar refractivity (Wildman–Crippen MR) is 55.5 cm³/mol. The molecule has 0 aromatic rings. The number of hydrogen-bond donors (Lipinski definition) is 0. The van der Waals surface area contributed by atoms with Crippen LogP contribution in [0.15, 0.2) is 12.0 Å². The topological polar surface area (TPSA) is 26.3 Å². The Balaban J connectivity index is 2.56. The summed E-state index contributed by atoms with van der Waals surface area (Å²) < 4.78 is 16.7. The van der Waals surface area contributed by atoms with Gasteiger partial charge in [0.15, 0.2) is 11.1 Å². The van der Waals surface area contributed by atoms with Crippen LogP contribution < -0.4 is 0 Å². The summed E-state index contributed by atoms with van der Waals surface area (Å²) in [4.78, 5) is 0. The smallest absolute Gasteiger partial charge is 0.181 e. The molecule has 2 nitrogen and oxygen atoms in total. The fourth-order valence-corrected chi connectivity index (χ4v) is 2.60. The van der Waals surface area contributed by atoms with Crippen molar-refractivity contribution in [3.8, 4) is 0 Å². The normalized spacial score (nSPS) is 23.8. The van der Waals surface area contributed by atoms with Crippen molar-refractivity contribution in [3.63, 3.8) is 0 Å². The van der Waals surface area contributed by atoms with Crippen LogP contribution in [-0.4, -0.2) is 9.81 Å². The summed E-state index contributed by atoms with van der Waals surface area (Å²) in [6.45, 7) is 5.57. The summed E-state index contributed by atoms with van der Waals surface area (Å²) in [6.07, 6.45) is 6.72. The molecule has 0 bridgehead atoms. The van der Waals surface area contributed by atoms with E-state index in [0.717, 1.165) is 19.3 Å². The highest BCUT2D eigenvalue weighted by molar-refractivity contribution is 7.83. The highest BCUT2D eigenvalue weighted by Gasteiger charge is 2.32. The van der Waals surface area contributed by atoms with Gasteiger partial charge in [0.2, 0.25) is 0 Å². The molecule has 0 spiro atoms. The van der Waals surface area contributed by atoms with E-state index in [1.165, 1.54) is 24.7 Å². The molecule has 0 aromatic carbocycles. The largest absolute Gasteiger partial charge is 0.281 e. The van der Waals surface area contributed by atoms with Gasteiger partial charge in [0.1, 0.15) is 0 Å². The van der Waals surface area contributed by atoms with Gasteiger partial charge < -0.3 is 0 Å². The Morgan fingerprint density at radius 2 is 2.08 bits per heavy atom. The Morgan fingerprint density at radius 1 is 1.46 bits per heavy atom. The van der Waals surface area contributed by atoms with Gasteiger partial charge >= 0.3 is 0 Å². The second-order valence-electron chi connectivity index (χ2n) is 3.61. The molecule has 13 heavy (non-hydrogen) atoms. The molecule has 0 heterocycles. The highest BCUT2D eigenvalue weighted by Crippen LogP contribution is 2.35. The average Bonchev–Trinajstić information content (AvgIpc) is 2.19. The monoisotopic (exact) mass is 202 g/mol. The summed E-state index contributed by atoms with van der Waals surface area (Å²) in [7, 11) is 0. The lowest BCUT2D eigenvalue weighted by molar-refractivity contribution is 0.0418. The Labute approximate surface area is 83.0 Å². The van der Waals surface area contributed by atoms with Gasteiger partial charge in [-0.1, -0.05) is 32.8 Å². The number of rotatable bonds is 4. The van der Waals surface area contributed by atoms with Crippen LogP contribution in [0, 0.1) is 0 Å². The molecule has 1 aliphatic carbocycles. The Kier molecular flexibility index (Phi) is 4.13. The third-order valence-corrected chi connectivity index (χ3v) is 3.59. The van der Waals surface area contributed by atoms with Crippen LogP contribution in [0.4, 0.5) is 0 Å². The zero-order valence-electron chi connectivity index (χ0n) is 8.25. The molecule has 1 aliphatic rings. The first-order valence-corrected chi connectivity index (χ1v) is 6.09. The van der Waals surface area contributed by atoms with Crippen molar-refractivity contribution in [2.24, 2.45) is 0 Å².